The molecule has 1 fully saturated rings. The third-order valence-electron chi connectivity index (χ3n) is 5.60. The Morgan fingerprint density at radius 3 is 2.27 bits per heavy atom. The maximum Gasteiger partial charge on any atom is 0.410 e. The van der Waals surface area contributed by atoms with Crippen LogP contribution in [-0.4, -0.2) is 52.7 Å². The second-order valence-electron chi connectivity index (χ2n) is 9.27. The average Bonchev–Trinajstić information content (AvgIpc) is 2.76. The maximum absolute atomic E-state index is 14.2. The van der Waals surface area contributed by atoms with Gasteiger partial charge in [0.25, 0.3) is 5.56 Å². The molecule has 3 aromatic rings. The minimum atomic E-state index is -0.749. The van der Waals surface area contributed by atoms with Crippen molar-refractivity contribution >= 4 is 16.9 Å². The fourth-order valence-corrected chi connectivity index (χ4v) is 3.92. The highest BCUT2D eigenvalue weighted by Crippen LogP contribution is 2.24. The Labute approximate surface area is 190 Å². The van der Waals surface area contributed by atoms with Crippen molar-refractivity contribution in [3.63, 3.8) is 0 Å². The van der Waals surface area contributed by atoms with Crippen LogP contribution in [0.1, 0.15) is 26.3 Å². The molecule has 0 saturated carbocycles. The lowest BCUT2D eigenvalue weighted by Gasteiger charge is -2.35. The molecule has 0 atom stereocenters. The molecule has 1 N–H and O–H groups in total. The number of benzene rings is 2. The van der Waals surface area contributed by atoms with Gasteiger partial charge in [0.15, 0.2) is 0 Å². The summed E-state index contributed by atoms with van der Waals surface area (Å²) in [4.78, 5) is 31.2. The number of ether oxygens (including phenoxy) is 1. The van der Waals surface area contributed by atoms with Crippen LogP contribution >= 0.6 is 0 Å². The van der Waals surface area contributed by atoms with Crippen molar-refractivity contribution in [3.05, 3.63) is 70.0 Å². The van der Waals surface area contributed by atoms with Crippen molar-refractivity contribution in [2.24, 2.45) is 0 Å². The topological polar surface area (TPSA) is 65.6 Å². The van der Waals surface area contributed by atoms with Crippen LogP contribution in [0.5, 0.6) is 0 Å². The highest BCUT2D eigenvalue weighted by Gasteiger charge is 2.25. The summed E-state index contributed by atoms with van der Waals surface area (Å²) in [6.45, 7) is 8.97. The Bertz CT molecular complexity index is 1220. The Morgan fingerprint density at radius 2 is 1.64 bits per heavy atom. The summed E-state index contributed by atoms with van der Waals surface area (Å²) in [7, 11) is 0. The monoisotopic (exact) mass is 455 g/mol. The summed E-state index contributed by atoms with van der Waals surface area (Å²) in [5.41, 5.74) is 1.03. The summed E-state index contributed by atoms with van der Waals surface area (Å²) in [5, 5.41) is -0.318. The molecule has 174 valence electrons. The van der Waals surface area contributed by atoms with Gasteiger partial charge in [0.05, 0.1) is 5.39 Å². The standard InChI is InChI=1S/C25H27F2N3O3/c1-25(2,3)33-24(32)30-12-10-29(11-13-30)15-16-4-6-17(7-5-16)21-14-18-19(26)8-9-20(27)22(18)23(31)28-21/h4-9,14H,10-13,15H2,1-3H3,(H,28,31). The van der Waals surface area contributed by atoms with Crippen LogP contribution in [0.25, 0.3) is 22.0 Å². The van der Waals surface area contributed by atoms with E-state index in [1.165, 1.54) is 6.07 Å². The summed E-state index contributed by atoms with van der Waals surface area (Å²) >= 11 is 0. The van der Waals surface area contributed by atoms with E-state index in [0.717, 1.165) is 37.3 Å². The Kier molecular flexibility index (Phi) is 6.21. The van der Waals surface area contributed by atoms with E-state index >= 15 is 0 Å². The van der Waals surface area contributed by atoms with Gasteiger partial charge in [-0.1, -0.05) is 24.3 Å². The SMILES string of the molecule is CC(C)(C)OC(=O)N1CCN(Cc2ccc(-c3cc4c(F)ccc(F)c4c(=O)[nH]3)cc2)CC1. The molecule has 0 radical (unpaired) electrons. The van der Waals surface area contributed by atoms with E-state index in [-0.39, 0.29) is 16.9 Å². The maximum atomic E-state index is 14.2. The first-order valence-electron chi connectivity index (χ1n) is 10.9. The Balaban J connectivity index is 1.42. The van der Waals surface area contributed by atoms with Crippen LogP contribution in [0.4, 0.5) is 13.6 Å². The minimum absolute atomic E-state index is 0.0410. The molecule has 0 aliphatic carbocycles. The highest BCUT2D eigenvalue weighted by atomic mass is 19.1. The molecule has 1 aromatic heterocycles. The predicted octanol–water partition coefficient (Wildman–Crippen LogP) is 4.53. The number of hydrogen-bond acceptors (Lipinski definition) is 4. The highest BCUT2D eigenvalue weighted by molar-refractivity contribution is 5.86. The number of nitrogens with zero attached hydrogens (tertiary/aromatic N) is 2. The van der Waals surface area contributed by atoms with Crippen LogP contribution in [0.15, 0.2) is 47.3 Å². The summed E-state index contributed by atoms with van der Waals surface area (Å²) < 4.78 is 33.6. The first-order valence-corrected chi connectivity index (χ1v) is 10.9. The molecular weight excluding hydrogens is 428 g/mol. The number of hydrogen-bond donors (Lipinski definition) is 1. The molecule has 4 rings (SSSR count). The van der Waals surface area contributed by atoms with E-state index in [1.54, 1.807) is 4.90 Å². The third-order valence-corrected chi connectivity index (χ3v) is 5.60. The van der Waals surface area contributed by atoms with Crippen molar-refractivity contribution in [3.8, 4) is 11.3 Å². The van der Waals surface area contributed by atoms with Crippen LogP contribution in [-0.2, 0) is 11.3 Å². The lowest BCUT2D eigenvalue weighted by atomic mass is 10.0. The second-order valence-corrected chi connectivity index (χ2v) is 9.27. The number of piperazine rings is 1. The number of fused-ring (bicyclic) bond motifs is 1. The van der Waals surface area contributed by atoms with Crippen molar-refractivity contribution in [1.29, 1.82) is 0 Å². The number of aromatic nitrogens is 1. The fraction of sp³-hybridized carbons (Fsp3) is 0.360. The number of H-pyrrole nitrogens is 1. The van der Waals surface area contributed by atoms with Gasteiger partial charge in [-0.3, -0.25) is 9.69 Å². The van der Waals surface area contributed by atoms with Gasteiger partial charge >= 0.3 is 6.09 Å². The largest absolute Gasteiger partial charge is 0.444 e. The number of carbonyl (C=O) groups excluding carboxylic acids is 1. The zero-order valence-corrected chi connectivity index (χ0v) is 19.0. The van der Waals surface area contributed by atoms with Crippen LogP contribution in [0.2, 0.25) is 0 Å². The molecule has 1 saturated heterocycles. The lowest BCUT2D eigenvalue weighted by molar-refractivity contribution is 0.0139. The molecule has 33 heavy (non-hydrogen) atoms. The number of halogens is 2. The number of amides is 1. The van der Waals surface area contributed by atoms with E-state index in [2.05, 4.69) is 9.88 Å². The van der Waals surface area contributed by atoms with Gasteiger partial charge < -0.3 is 14.6 Å². The van der Waals surface area contributed by atoms with Gasteiger partial charge in [0.2, 0.25) is 0 Å². The van der Waals surface area contributed by atoms with Gasteiger partial charge in [-0.05, 0) is 50.1 Å². The molecule has 1 amide bonds. The predicted molar refractivity (Wildman–Crippen MR) is 123 cm³/mol. The fourth-order valence-electron chi connectivity index (χ4n) is 3.92. The van der Waals surface area contributed by atoms with E-state index < -0.39 is 22.8 Å². The van der Waals surface area contributed by atoms with Crippen molar-refractivity contribution in [1.82, 2.24) is 14.8 Å². The van der Waals surface area contributed by atoms with Crippen molar-refractivity contribution < 1.29 is 18.3 Å². The van der Waals surface area contributed by atoms with E-state index in [4.69, 9.17) is 4.74 Å². The second kappa shape index (κ2) is 8.94. The minimum Gasteiger partial charge on any atom is -0.444 e. The number of nitrogens with one attached hydrogen (secondary N) is 1. The third kappa shape index (κ3) is 5.22. The molecule has 1 aliphatic heterocycles. The zero-order chi connectivity index (χ0) is 23.8. The number of carbonyl (C=O) groups is 1. The summed E-state index contributed by atoms with van der Waals surface area (Å²) in [6, 6.07) is 11.0. The molecule has 0 bridgehead atoms. The molecule has 0 unspecified atom stereocenters. The zero-order valence-electron chi connectivity index (χ0n) is 19.0. The quantitative estimate of drug-likeness (QED) is 0.631. The number of rotatable bonds is 3. The first-order chi connectivity index (χ1) is 15.6. The summed E-state index contributed by atoms with van der Waals surface area (Å²) in [5.74, 6) is -1.39. The van der Waals surface area contributed by atoms with E-state index in [1.807, 2.05) is 45.0 Å². The van der Waals surface area contributed by atoms with Crippen LogP contribution in [0.3, 0.4) is 0 Å². The van der Waals surface area contributed by atoms with Gasteiger partial charge in [0, 0.05) is 43.8 Å². The molecule has 0 spiro atoms. The lowest BCUT2D eigenvalue weighted by Crippen LogP contribution is -2.49. The van der Waals surface area contributed by atoms with Gasteiger partial charge in [-0.25, -0.2) is 13.6 Å². The van der Waals surface area contributed by atoms with Crippen molar-refractivity contribution in [2.75, 3.05) is 26.2 Å². The number of aromatic amines is 1. The first kappa shape index (κ1) is 22.9. The van der Waals surface area contributed by atoms with E-state index in [9.17, 15) is 18.4 Å². The summed E-state index contributed by atoms with van der Waals surface area (Å²) in [6.07, 6.45) is -0.285. The van der Waals surface area contributed by atoms with Crippen LogP contribution < -0.4 is 5.56 Å². The molecular formula is C25H27F2N3O3. The Morgan fingerprint density at radius 1 is 1.00 bits per heavy atom. The van der Waals surface area contributed by atoms with Gasteiger partial charge in [-0.15, -0.1) is 0 Å². The Hall–Kier alpha value is -3.26. The van der Waals surface area contributed by atoms with Gasteiger partial charge in [0.1, 0.15) is 17.2 Å². The van der Waals surface area contributed by atoms with Crippen molar-refractivity contribution in [2.45, 2.75) is 32.9 Å². The average molecular weight is 456 g/mol. The molecule has 1 aliphatic rings. The molecule has 6 nitrogen and oxygen atoms in total. The molecule has 2 heterocycles. The smallest absolute Gasteiger partial charge is 0.410 e. The van der Waals surface area contributed by atoms with Crippen LogP contribution in [0, 0.1) is 11.6 Å². The number of pyridine rings is 1. The normalized spacial score (nSPS) is 15.1. The van der Waals surface area contributed by atoms with E-state index in [0.29, 0.717) is 24.3 Å². The van der Waals surface area contributed by atoms with Gasteiger partial charge in [-0.2, -0.15) is 0 Å². The molecule has 8 heteroatoms. The molecule has 2 aromatic carbocycles.